The average Bonchev–Trinajstić information content (AvgIpc) is 3.12. The summed E-state index contributed by atoms with van der Waals surface area (Å²) in [4.78, 5) is 17.1. The molecule has 0 radical (unpaired) electrons. The van der Waals surface area contributed by atoms with Gasteiger partial charge in [0.05, 0.1) is 0 Å². The molecule has 0 aliphatic carbocycles. The fraction of sp³-hybridized carbons (Fsp3) is 0.406. The Morgan fingerprint density at radius 2 is 1.50 bits per heavy atom. The van der Waals surface area contributed by atoms with E-state index < -0.39 is 0 Å². The van der Waals surface area contributed by atoms with Crippen molar-refractivity contribution in [2.75, 3.05) is 44.7 Å². The monoisotopic (exact) mass is 530 g/mol. The van der Waals surface area contributed by atoms with E-state index in [-0.39, 0.29) is 5.91 Å². The molecule has 2 N–H and O–H groups in total. The van der Waals surface area contributed by atoms with Crippen LogP contribution in [0.25, 0.3) is 0 Å². The Bertz CT molecular complexity index is 1160. The number of rotatable bonds is 6. The second-order valence-electron chi connectivity index (χ2n) is 10.6. The molecule has 3 saturated heterocycles. The number of fused-ring (bicyclic) bond motifs is 5. The number of hydrogen-bond donors (Lipinski definition) is 2. The Morgan fingerprint density at radius 3 is 2.05 bits per heavy atom. The summed E-state index contributed by atoms with van der Waals surface area (Å²) in [6, 6.07) is 25.1. The zero-order valence-corrected chi connectivity index (χ0v) is 23.1. The van der Waals surface area contributed by atoms with Crippen molar-refractivity contribution in [2.24, 2.45) is 5.92 Å². The van der Waals surface area contributed by atoms with Gasteiger partial charge in [-0.05, 0) is 112 Å². The van der Waals surface area contributed by atoms with Crippen molar-refractivity contribution in [3.63, 3.8) is 0 Å². The molecule has 5 nitrogen and oxygen atoms in total. The lowest BCUT2D eigenvalue weighted by atomic mass is 9.84. The van der Waals surface area contributed by atoms with Gasteiger partial charge in [0.15, 0.2) is 0 Å². The molecular formula is C32H39ClN4O. The number of piperidine rings is 3. The summed E-state index contributed by atoms with van der Waals surface area (Å²) < 4.78 is 0. The maximum atomic E-state index is 12.1. The quantitative estimate of drug-likeness (QED) is 0.401. The molecule has 200 valence electrons. The molecule has 2 bridgehead atoms. The molecule has 4 aliphatic heterocycles. The van der Waals surface area contributed by atoms with Crippen molar-refractivity contribution in [1.82, 2.24) is 15.5 Å². The molecule has 0 aromatic heterocycles. The number of carbonyl (C=O) groups excluding carboxylic acids is 1. The van der Waals surface area contributed by atoms with E-state index in [4.69, 9.17) is 11.6 Å². The van der Waals surface area contributed by atoms with Crippen LogP contribution in [0.1, 0.15) is 40.7 Å². The Labute approximate surface area is 232 Å². The summed E-state index contributed by atoms with van der Waals surface area (Å²) in [6.07, 6.45) is 5.85. The summed E-state index contributed by atoms with van der Waals surface area (Å²) in [5.74, 6) is 0.677. The third-order valence-corrected chi connectivity index (χ3v) is 8.37. The first-order valence-electron chi connectivity index (χ1n) is 14.0. The Balaban J connectivity index is 0.000000156. The van der Waals surface area contributed by atoms with Gasteiger partial charge in [-0.2, -0.15) is 0 Å². The number of nitrogens with zero attached hydrogens (tertiary/aromatic N) is 2. The first-order chi connectivity index (χ1) is 18.6. The molecule has 0 spiro atoms. The van der Waals surface area contributed by atoms with Crippen LogP contribution < -0.4 is 15.5 Å². The molecule has 7 rings (SSSR count). The van der Waals surface area contributed by atoms with Gasteiger partial charge in [-0.25, -0.2) is 0 Å². The largest absolute Gasteiger partial charge is 0.348 e. The normalized spacial score (nSPS) is 21.4. The predicted molar refractivity (Wildman–Crippen MR) is 158 cm³/mol. The summed E-state index contributed by atoms with van der Waals surface area (Å²) in [5, 5.41) is 7.07. The van der Waals surface area contributed by atoms with Gasteiger partial charge in [-0.1, -0.05) is 48.0 Å². The molecule has 0 unspecified atom stereocenters. The lowest BCUT2D eigenvalue weighted by Crippen LogP contribution is -2.57. The molecule has 38 heavy (non-hydrogen) atoms. The molecule has 6 heteroatoms. The Morgan fingerprint density at radius 1 is 0.895 bits per heavy atom. The van der Waals surface area contributed by atoms with Gasteiger partial charge in [0.2, 0.25) is 0 Å². The van der Waals surface area contributed by atoms with Crippen LogP contribution in [0.4, 0.5) is 11.4 Å². The summed E-state index contributed by atoms with van der Waals surface area (Å²) >= 11 is 5.82. The van der Waals surface area contributed by atoms with Crippen LogP contribution in [0.5, 0.6) is 0 Å². The SMILES string of the molecule is CNCCCN1c2ccccc2CCc2ccccc21.O=C(N[C@H]1CN2CCC1CC2)c1ccc(Cl)cc1. The molecule has 1 amide bonds. The molecular weight excluding hydrogens is 492 g/mol. The Kier molecular flexibility index (Phi) is 9.00. The molecule has 1 atom stereocenters. The second-order valence-corrected chi connectivity index (χ2v) is 11.0. The van der Waals surface area contributed by atoms with E-state index in [1.54, 1.807) is 24.3 Å². The topological polar surface area (TPSA) is 47.6 Å². The number of hydrogen-bond acceptors (Lipinski definition) is 4. The van der Waals surface area contributed by atoms with Crippen LogP contribution in [-0.4, -0.2) is 56.6 Å². The molecule has 3 aromatic rings. The number of para-hydroxylation sites is 2. The Hall–Kier alpha value is -2.86. The molecule has 3 aromatic carbocycles. The first-order valence-corrected chi connectivity index (χ1v) is 14.4. The van der Waals surface area contributed by atoms with Crippen molar-refractivity contribution >= 4 is 28.9 Å². The predicted octanol–water partition coefficient (Wildman–Crippen LogP) is 5.70. The van der Waals surface area contributed by atoms with Gasteiger partial charge < -0.3 is 20.4 Å². The zero-order valence-electron chi connectivity index (χ0n) is 22.3. The van der Waals surface area contributed by atoms with Gasteiger partial charge in [0.1, 0.15) is 0 Å². The molecule has 4 aliphatic rings. The fourth-order valence-electron chi connectivity index (χ4n) is 6.01. The smallest absolute Gasteiger partial charge is 0.251 e. The highest BCUT2D eigenvalue weighted by molar-refractivity contribution is 6.30. The van der Waals surface area contributed by atoms with E-state index in [1.165, 1.54) is 48.4 Å². The third kappa shape index (κ3) is 6.40. The zero-order chi connectivity index (χ0) is 26.3. The highest BCUT2D eigenvalue weighted by Crippen LogP contribution is 2.35. The van der Waals surface area contributed by atoms with Crippen molar-refractivity contribution < 1.29 is 4.79 Å². The van der Waals surface area contributed by atoms with Gasteiger partial charge in [-0.15, -0.1) is 0 Å². The molecule has 3 fully saturated rings. The van der Waals surface area contributed by atoms with E-state index in [9.17, 15) is 4.79 Å². The maximum absolute atomic E-state index is 12.1. The summed E-state index contributed by atoms with van der Waals surface area (Å²) in [6.45, 7) is 5.51. The number of carbonyl (C=O) groups is 1. The maximum Gasteiger partial charge on any atom is 0.251 e. The van der Waals surface area contributed by atoms with Crippen LogP contribution in [-0.2, 0) is 12.8 Å². The van der Waals surface area contributed by atoms with Crippen LogP contribution in [0, 0.1) is 5.92 Å². The van der Waals surface area contributed by atoms with E-state index >= 15 is 0 Å². The van der Waals surface area contributed by atoms with E-state index in [0.29, 0.717) is 22.5 Å². The number of benzene rings is 3. The minimum absolute atomic E-state index is 0.0189. The lowest BCUT2D eigenvalue weighted by Gasteiger charge is -2.44. The summed E-state index contributed by atoms with van der Waals surface area (Å²) in [5.41, 5.74) is 6.39. The molecule has 0 saturated carbocycles. The molecule has 4 heterocycles. The van der Waals surface area contributed by atoms with Crippen LogP contribution in [0.3, 0.4) is 0 Å². The van der Waals surface area contributed by atoms with Gasteiger partial charge in [0.25, 0.3) is 5.91 Å². The van der Waals surface area contributed by atoms with Crippen molar-refractivity contribution in [2.45, 2.75) is 38.1 Å². The third-order valence-electron chi connectivity index (χ3n) is 8.12. The highest BCUT2D eigenvalue weighted by Gasteiger charge is 2.34. The van der Waals surface area contributed by atoms with Crippen molar-refractivity contribution in [3.8, 4) is 0 Å². The first kappa shape index (κ1) is 26.7. The van der Waals surface area contributed by atoms with Gasteiger partial charge in [0, 0.05) is 41.1 Å². The number of aryl methyl sites for hydroxylation is 2. The number of nitrogens with one attached hydrogen (secondary N) is 2. The van der Waals surface area contributed by atoms with Crippen molar-refractivity contribution in [1.29, 1.82) is 0 Å². The van der Waals surface area contributed by atoms with Crippen molar-refractivity contribution in [3.05, 3.63) is 94.5 Å². The van der Waals surface area contributed by atoms with E-state index in [0.717, 1.165) is 38.9 Å². The second kappa shape index (κ2) is 12.8. The average molecular weight is 531 g/mol. The number of amides is 1. The van der Waals surface area contributed by atoms with Crippen LogP contribution in [0.15, 0.2) is 72.8 Å². The minimum atomic E-state index is 0.0189. The van der Waals surface area contributed by atoms with Crippen LogP contribution >= 0.6 is 11.6 Å². The standard InChI is InChI=1S/C18H22N2.C14H17ClN2O/c1-19-13-6-14-20-17-9-4-2-7-15(17)11-12-16-8-3-5-10-18(16)20;15-12-3-1-11(2-4-12)14(18)16-13-9-17-7-5-10(13)6-8-17/h2-5,7-10,19H,6,11-14H2,1H3;1-4,10,13H,5-9H2,(H,16,18)/t;13-/m.0/s1. The fourth-order valence-corrected chi connectivity index (χ4v) is 6.13. The van der Waals surface area contributed by atoms with Gasteiger partial charge in [-0.3, -0.25) is 4.79 Å². The lowest BCUT2D eigenvalue weighted by molar-refractivity contribution is 0.0620. The van der Waals surface area contributed by atoms with Gasteiger partial charge >= 0.3 is 0 Å². The number of halogens is 1. The van der Waals surface area contributed by atoms with E-state index in [2.05, 4.69) is 69.0 Å². The summed E-state index contributed by atoms with van der Waals surface area (Å²) in [7, 11) is 2.02. The highest BCUT2D eigenvalue weighted by atomic mass is 35.5. The number of anilines is 2. The van der Waals surface area contributed by atoms with Crippen LogP contribution in [0.2, 0.25) is 5.02 Å². The minimum Gasteiger partial charge on any atom is -0.348 e. The van der Waals surface area contributed by atoms with E-state index in [1.807, 2.05) is 7.05 Å².